The van der Waals surface area contributed by atoms with Gasteiger partial charge in [-0.25, -0.2) is 18.1 Å². The number of rotatable bonds is 9. The molecule has 9 heteroatoms. The molecule has 1 aliphatic rings. The van der Waals surface area contributed by atoms with Gasteiger partial charge in [0.25, 0.3) is 5.91 Å². The highest BCUT2D eigenvalue weighted by Gasteiger charge is 2.22. The van der Waals surface area contributed by atoms with Gasteiger partial charge in [0, 0.05) is 27.9 Å². The van der Waals surface area contributed by atoms with Crippen LogP contribution in [0.5, 0.6) is 11.6 Å². The molecule has 0 unspecified atom stereocenters. The minimum atomic E-state index is -3.61. The third-order valence-electron chi connectivity index (χ3n) is 5.00. The third-order valence-corrected chi connectivity index (χ3v) is 6.02. The van der Waals surface area contributed by atoms with Crippen LogP contribution in [0.3, 0.4) is 0 Å². The van der Waals surface area contributed by atoms with Gasteiger partial charge in [-0.3, -0.25) is 4.79 Å². The molecule has 0 atom stereocenters. The topological polar surface area (TPSA) is 94.6 Å². The third kappa shape index (κ3) is 7.03. The van der Waals surface area contributed by atoms with Gasteiger partial charge in [-0.2, -0.15) is 0 Å². The second kappa shape index (κ2) is 9.93. The lowest BCUT2D eigenvalue weighted by Crippen LogP contribution is -2.29. The van der Waals surface area contributed by atoms with Gasteiger partial charge in [-0.1, -0.05) is 28.1 Å². The van der Waals surface area contributed by atoms with E-state index in [0.29, 0.717) is 17.5 Å². The average Bonchev–Trinajstić information content (AvgIpc) is 3.60. The van der Waals surface area contributed by atoms with Crippen LogP contribution in [0.2, 0.25) is 0 Å². The smallest absolute Gasteiger partial charge is 0.264 e. The van der Waals surface area contributed by atoms with Crippen molar-refractivity contribution in [2.24, 2.45) is 5.92 Å². The summed E-state index contributed by atoms with van der Waals surface area (Å²) in [5, 5.41) is 0. The van der Waals surface area contributed by atoms with Crippen LogP contribution in [0.1, 0.15) is 28.8 Å². The minimum absolute atomic E-state index is 0.256. The number of nitrogens with zero attached hydrogens (tertiary/aromatic N) is 1. The van der Waals surface area contributed by atoms with Gasteiger partial charge in [-0.15, -0.1) is 0 Å². The van der Waals surface area contributed by atoms with Crippen LogP contribution in [0.4, 0.5) is 0 Å². The van der Waals surface area contributed by atoms with E-state index in [-0.39, 0.29) is 12.2 Å². The lowest BCUT2D eigenvalue weighted by Gasteiger charge is -2.11. The van der Waals surface area contributed by atoms with Crippen molar-refractivity contribution in [2.45, 2.75) is 19.4 Å². The summed E-state index contributed by atoms with van der Waals surface area (Å²) in [6.07, 6.45) is 5.20. The molecule has 1 aliphatic carbocycles. The molecular weight excluding hydrogens is 508 g/mol. The maximum absolute atomic E-state index is 11.9. The first-order valence-electron chi connectivity index (χ1n) is 10.4. The molecule has 0 aliphatic heterocycles. The summed E-state index contributed by atoms with van der Waals surface area (Å²) in [7, 11) is -3.61. The molecule has 4 rings (SSSR count). The van der Waals surface area contributed by atoms with Crippen LogP contribution >= 0.6 is 15.9 Å². The predicted octanol–water partition coefficient (Wildman–Crippen LogP) is 4.57. The van der Waals surface area contributed by atoms with Crippen molar-refractivity contribution in [1.82, 2.24) is 9.71 Å². The van der Waals surface area contributed by atoms with Crippen molar-refractivity contribution in [3.63, 3.8) is 0 Å². The normalized spacial score (nSPS) is 13.4. The van der Waals surface area contributed by atoms with Gasteiger partial charge in [0.1, 0.15) is 12.4 Å². The lowest BCUT2D eigenvalue weighted by molar-refractivity contribution is 0.0981. The maximum Gasteiger partial charge on any atom is 0.264 e. The first-order valence-corrected chi connectivity index (χ1v) is 13.1. The van der Waals surface area contributed by atoms with Gasteiger partial charge in [0.05, 0.1) is 12.9 Å². The Kier molecular flexibility index (Phi) is 6.99. The number of pyridine rings is 1. The highest BCUT2D eigenvalue weighted by atomic mass is 79.9. The largest absolute Gasteiger partial charge is 0.489 e. The molecule has 0 saturated heterocycles. The summed E-state index contributed by atoms with van der Waals surface area (Å²) in [4.78, 5) is 16.3. The van der Waals surface area contributed by atoms with Crippen molar-refractivity contribution in [3.05, 3.63) is 76.4 Å². The number of halogens is 1. The zero-order chi connectivity index (χ0) is 23.4. The molecule has 1 amide bonds. The Balaban J connectivity index is 1.39. The Hall–Kier alpha value is -2.91. The Morgan fingerprint density at radius 3 is 2.45 bits per heavy atom. The lowest BCUT2D eigenvalue weighted by atomic mass is 10.1. The molecular formula is C24H23BrN2O5S. The molecule has 1 N–H and O–H groups in total. The number of hydrogen-bond acceptors (Lipinski definition) is 6. The Labute approximate surface area is 201 Å². The maximum atomic E-state index is 11.9. The number of sulfonamides is 1. The second-order valence-electron chi connectivity index (χ2n) is 8.00. The summed E-state index contributed by atoms with van der Waals surface area (Å²) >= 11 is 3.53. The van der Waals surface area contributed by atoms with E-state index < -0.39 is 15.9 Å². The molecule has 0 bridgehead atoms. The number of benzene rings is 2. The minimum Gasteiger partial charge on any atom is -0.489 e. The second-order valence-corrected chi connectivity index (χ2v) is 10.7. The van der Waals surface area contributed by atoms with E-state index in [0.717, 1.165) is 34.0 Å². The number of carbonyl (C=O) groups excluding carboxylic acids is 1. The van der Waals surface area contributed by atoms with Gasteiger partial charge < -0.3 is 9.47 Å². The van der Waals surface area contributed by atoms with E-state index in [9.17, 15) is 13.2 Å². The molecule has 7 nitrogen and oxygen atoms in total. The van der Waals surface area contributed by atoms with Gasteiger partial charge in [0.2, 0.25) is 15.9 Å². The van der Waals surface area contributed by atoms with Crippen LogP contribution in [0, 0.1) is 5.92 Å². The highest BCUT2D eigenvalue weighted by Crippen LogP contribution is 2.31. The SMILES string of the molecule is CS(=O)(=O)NC(=O)c1ccc(COc2cc(Br)cc(-c3ccc(OCC4CC4)nc3)c2)cc1. The number of aromatic nitrogens is 1. The molecule has 1 heterocycles. The first kappa shape index (κ1) is 23.3. The monoisotopic (exact) mass is 530 g/mol. The Bertz CT molecular complexity index is 1240. The van der Waals surface area contributed by atoms with Gasteiger partial charge >= 0.3 is 0 Å². The van der Waals surface area contributed by atoms with Gasteiger partial charge in [0.15, 0.2) is 0 Å². The predicted molar refractivity (Wildman–Crippen MR) is 129 cm³/mol. The first-order chi connectivity index (χ1) is 15.7. The van der Waals surface area contributed by atoms with Crippen LogP contribution in [-0.2, 0) is 16.6 Å². The summed E-state index contributed by atoms with van der Waals surface area (Å²) in [5.41, 5.74) is 2.99. The fraction of sp³-hybridized carbons (Fsp3) is 0.250. The molecule has 1 saturated carbocycles. The average molecular weight is 531 g/mol. The zero-order valence-electron chi connectivity index (χ0n) is 18.0. The molecule has 33 heavy (non-hydrogen) atoms. The van der Waals surface area contributed by atoms with E-state index in [4.69, 9.17) is 9.47 Å². The summed E-state index contributed by atoms with van der Waals surface area (Å²) in [6.45, 7) is 1.01. The molecule has 3 aromatic rings. The summed E-state index contributed by atoms with van der Waals surface area (Å²) < 4.78 is 36.9. The number of amides is 1. The summed E-state index contributed by atoms with van der Waals surface area (Å²) in [6, 6.07) is 16.2. The van der Waals surface area contributed by atoms with Crippen molar-refractivity contribution in [3.8, 4) is 22.8 Å². The molecule has 0 radical (unpaired) electrons. The van der Waals surface area contributed by atoms with Crippen molar-refractivity contribution < 1.29 is 22.7 Å². The number of nitrogens with one attached hydrogen (secondary N) is 1. The van der Waals surface area contributed by atoms with Crippen LogP contribution in [0.25, 0.3) is 11.1 Å². The number of ether oxygens (including phenoxy) is 2. The molecule has 1 fully saturated rings. The Morgan fingerprint density at radius 1 is 1.06 bits per heavy atom. The quantitative estimate of drug-likeness (QED) is 0.435. The number of hydrogen-bond donors (Lipinski definition) is 1. The fourth-order valence-electron chi connectivity index (χ4n) is 3.08. The molecule has 2 aromatic carbocycles. The van der Waals surface area contributed by atoms with E-state index in [2.05, 4.69) is 20.9 Å². The standard InChI is InChI=1S/C24H23BrN2O5S/c1-33(29,30)27-24(28)18-6-4-17(5-7-18)14-31-22-11-20(10-21(25)12-22)19-8-9-23(26-13-19)32-15-16-2-3-16/h4-13,16H,2-3,14-15H2,1H3,(H,27,28). The molecule has 1 aromatic heterocycles. The molecule has 172 valence electrons. The fourth-order valence-corrected chi connectivity index (χ4v) is 4.01. The highest BCUT2D eigenvalue weighted by molar-refractivity contribution is 9.10. The van der Waals surface area contributed by atoms with Crippen LogP contribution in [-0.4, -0.2) is 32.2 Å². The summed E-state index contributed by atoms with van der Waals surface area (Å²) in [5.74, 6) is 1.31. The van der Waals surface area contributed by atoms with E-state index in [1.807, 2.05) is 35.1 Å². The van der Waals surface area contributed by atoms with Crippen molar-refractivity contribution in [1.29, 1.82) is 0 Å². The molecule has 0 spiro atoms. The van der Waals surface area contributed by atoms with Gasteiger partial charge in [-0.05, 0) is 66.3 Å². The van der Waals surface area contributed by atoms with Crippen LogP contribution < -0.4 is 14.2 Å². The zero-order valence-corrected chi connectivity index (χ0v) is 20.4. The Morgan fingerprint density at radius 2 is 1.82 bits per heavy atom. The van der Waals surface area contributed by atoms with E-state index in [1.165, 1.54) is 12.8 Å². The van der Waals surface area contributed by atoms with Crippen molar-refractivity contribution in [2.75, 3.05) is 12.9 Å². The van der Waals surface area contributed by atoms with E-state index >= 15 is 0 Å². The number of carbonyl (C=O) groups is 1. The van der Waals surface area contributed by atoms with E-state index in [1.54, 1.807) is 30.5 Å². The van der Waals surface area contributed by atoms with Crippen LogP contribution in [0.15, 0.2) is 65.3 Å². The van der Waals surface area contributed by atoms with Crippen molar-refractivity contribution >= 4 is 31.9 Å².